The van der Waals surface area contributed by atoms with Crippen LogP contribution in [0, 0.1) is 0 Å². The SMILES string of the molecule is C[N+]1(Cc2ccccc2)CCCC1c1ccc[n+](Cc2ccccc2)c1.[Cl-].[Cl-]. The van der Waals surface area contributed by atoms with Gasteiger partial charge in [0.25, 0.3) is 0 Å². The Kier molecular flexibility index (Phi) is 8.06. The summed E-state index contributed by atoms with van der Waals surface area (Å²) < 4.78 is 3.44. The van der Waals surface area contributed by atoms with Gasteiger partial charge in [-0.05, 0) is 6.07 Å². The highest BCUT2D eigenvalue weighted by atomic mass is 35.5. The molecule has 2 nitrogen and oxygen atoms in total. The van der Waals surface area contributed by atoms with Gasteiger partial charge >= 0.3 is 0 Å². The van der Waals surface area contributed by atoms with Gasteiger partial charge in [0.15, 0.2) is 18.9 Å². The number of hydrogen-bond donors (Lipinski definition) is 0. The molecule has 148 valence electrons. The first-order valence-electron chi connectivity index (χ1n) is 9.64. The van der Waals surface area contributed by atoms with Crippen LogP contribution in [0.15, 0.2) is 85.2 Å². The number of nitrogens with zero attached hydrogens (tertiary/aromatic N) is 2. The lowest BCUT2D eigenvalue weighted by molar-refractivity contribution is -0.940. The van der Waals surface area contributed by atoms with Crippen LogP contribution in [0.5, 0.6) is 0 Å². The maximum absolute atomic E-state index is 2.43. The van der Waals surface area contributed by atoms with Crippen molar-refractivity contribution in [2.75, 3.05) is 13.6 Å². The summed E-state index contributed by atoms with van der Waals surface area (Å²) in [6, 6.07) is 26.8. The fourth-order valence-electron chi connectivity index (χ4n) is 4.46. The molecule has 28 heavy (non-hydrogen) atoms. The molecule has 1 aliphatic heterocycles. The average molecular weight is 415 g/mol. The molecule has 0 spiro atoms. The van der Waals surface area contributed by atoms with Crippen molar-refractivity contribution in [1.29, 1.82) is 0 Å². The van der Waals surface area contributed by atoms with Crippen molar-refractivity contribution in [2.24, 2.45) is 0 Å². The van der Waals surface area contributed by atoms with E-state index in [4.69, 9.17) is 0 Å². The van der Waals surface area contributed by atoms with Crippen molar-refractivity contribution in [3.05, 3.63) is 102 Å². The van der Waals surface area contributed by atoms with Crippen molar-refractivity contribution in [3.63, 3.8) is 0 Å². The van der Waals surface area contributed by atoms with Crippen LogP contribution >= 0.6 is 0 Å². The summed E-state index contributed by atoms with van der Waals surface area (Å²) in [7, 11) is 2.43. The number of aromatic nitrogens is 1. The zero-order valence-electron chi connectivity index (χ0n) is 16.3. The summed E-state index contributed by atoms with van der Waals surface area (Å²) in [6.07, 6.45) is 7.14. The predicted molar refractivity (Wildman–Crippen MR) is 105 cm³/mol. The van der Waals surface area contributed by atoms with Crippen molar-refractivity contribution in [1.82, 2.24) is 0 Å². The lowest BCUT2D eigenvalue weighted by Crippen LogP contribution is -3.00. The van der Waals surface area contributed by atoms with Crippen molar-refractivity contribution in [2.45, 2.75) is 32.0 Å². The first-order chi connectivity index (χ1) is 12.7. The minimum Gasteiger partial charge on any atom is -1.00 e. The Morgan fingerprint density at radius 2 is 1.50 bits per heavy atom. The highest BCUT2D eigenvalue weighted by Crippen LogP contribution is 2.38. The van der Waals surface area contributed by atoms with Gasteiger partial charge in [0.1, 0.15) is 12.6 Å². The van der Waals surface area contributed by atoms with Gasteiger partial charge in [-0.1, -0.05) is 60.7 Å². The van der Waals surface area contributed by atoms with Gasteiger partial charge in [-0.2, -0.15) is 0 Å². The van der Waals surface area contributed by atoms with E-state index in [1.807, 2.05) is 0 Å². The first kappa shape index (κ1) is 22.4. The van der Waals surface area contributed by atoms with Gasteiger partial charge in [0.05, 0.1) is 19.2 Å². The van der Waals surface area contributed by atoms with Crippen molar-refractivity contribution in [3.8, 4) is 0 Å². The number of quaternary nitrogens is 1. The lowest BCUT2D eigenvalue weighted by atomic mass is 10.0. The van der Waals surface area contributed by atoms with Crippen LogP contribution in [-0.2, 0) is 13.1 Å². The van der Waals surface area contributed by atoms with Crippen LogP contribution in [0.4, 0.5) is 0 Å². The summed E-state index contributed by atoms with van der Waals surface area (Å²) in [6.45, 7) is 3.30. The Bertz CT molecular complexity index is 855. The van der Waals surface area contributed by atoms with E-state index in [2.05, 4.69) is 96.8 Å². The third kappa shape index (κ3) is 5.14. The van der Waals surface area contributed by atoms with Crippen LogP contribution in [0.3, 0.4) is 0 Å². The van der Waals surface area contributed by atoms with E-state index in [-0.39, 0.29) is 24.8 Å². The molecule has 0 amide bonds. The highest BCUT2D eigenvalue weighted by molar-refractivity contribution is 5.16. The molecule has 0 bridgehead atoms. The first-order valence-corrected chi connectivity index (χ1v) is 9.64. The molecule has 2 heterocycles. The Hall–Kier alpha value is -1.87. The lowest BCUT2D eigenvalue weighted by Gasteiger charge is -2.36. The Labute approximate surface area is 181 Å². The smallest absolute Gasteiger partial charge is 0.178 e. The van der Waals surface area contributed by atoms with E-state index >= 15 is 0 Å². The fraction of sp³-hybridized carbons (Fsp3) is 0.292. The van der Waals surface area contributed by atoms with Crippen molar-refractivity contribution >= 4 is 0 Å². The molecule has 1 aromatic heterocycles. The Balaban J connectivity index is 0.00000140. The fourth-order valence-corrected chi connectivity index (χ4v) is 4.46. The summed E-state index contributed by atoms with van der Waals surface area (Å²) >= 11 is 0. The van der Waals surface area contributed by atoms with E-state index in [9.17, 15) is 0 Å². The molecule has 0 radical (unpaired) electrons. The second-order valence-electron chi connectivity index (χ2n) is 7.80. The molecule has 0 N–H and O–H groups in total. The van der Waals surface area contributed by atoms with Crippen LogP contribution in [-0.4, -0.2) is 18.1 Å². The van der Waals surface area contributed by atoms with E-state index in [1.54, 1.807) is 0 Å². The Morgan fingerprint density at radius 1 is 0.857 bits per heavy atom. The van der Waals surface area contributed by atoms with Gasteiger partial charge in [0.2, 0.25) is 0 Å². The van der Waals surface area contributed by atoms with Gasteiger partial charge < -0.3 is 29.3 Å². The molecule has 2 unspecified atom stereocenters. The average Bonchev–Trinajstić information content (AvgIpc) is 3.05. The van der Waals surface area contributed by atoms with Gasteiger partial charge in [0, 0.05) is 30.0 Å². The molecule has 2 aromatic carbocycles. The van der Waals surface area contributed by atoms with E-state index in [1.165, 1.54) is 36.1 Å². The standard InChI is InChI=1S/C24H28N2.2ClH/c1-26(20-22-12-6-3-7-13-22)17-9-15-24(26)23-14-8-16-25(19-23)18-21-10-4-2-5-11-21;;/h2-8,10-14,16,19,24H,9,15,17-18,20H2,1H3;2*1H/q+2;;/p-2. The number of benzene rings is 2. The molecule has 1 fully saturated rings. The zero-order chi connectivity index (χ0) is 17.8. The second kappa shape index (κ2) is 10.1. The quantitative estimate of drug-likeness (QED) is 0.353. The summed E-state index contributed by atoms with van der Waals surface area (Å²) in [5.41, 5.74) is 4.26. The number of pyridine rings is 1. The van der Waals surface area contributed by atoms with Gasteiger partial charge in [-0.25, -0.2) is 4.57 Å². The van der Waals surface area contributed by atoms with E-state index in [0.717, 1.165) is 17.6 Å². The third-order valence-corrected chi connectivity index (χ3v) is 5.76. The molecule has 3 aromatic rings. The molecular weight excluding hydrogens is 387 g/mol. The Morgan fingerprint density at radius 3 is 2.18 bits per heavy atom. The number of halogens is 2. The van der Waals surface area contributed by atoms with E-state index < -0.39 is 0 Å². The van der Waals surface area contributed by atoms with E-state index in [0.29, 0.717) is 6.04 Å². The highest BCUT2D eigenvalue weighted by Gasteiger charge is 2.40. The number of likely N-dealkylation sites (tertiary alicyclic amines) is 1. The zero-order valence-corrected chi connectivity index (χ0v) is 17.9. The minimum atomic E-state index is 0. The molecule has 1 aliphatic rings. The molecule has 2 atom stereocenters. The van der Waals surface area contributed by atoms with Crippen LogP contribution in [0.1, 0.15) is 35.6 Å². The number of rotatable bonds is 5. The predicted octanol–water partition coefficient (Wildman–Crippen LogP) is -1.49. The molecular formula is C24H28Cl2N2. The molecule has 1 saturated heterocycles. The monoisotopic (exact) mass is 414 g/mol. The van der Waals surface area contributed by atoms with Crippen LogP contribution in [0.2, 0.25) is 0 Å². The number of hydrogen-bond acceptors (Lipinski definition) is 0. The topological polar surface area (TPSA) is 3.88 Å². The largest absolute Gasteiger partial charge is 1.00 e. The van der Waals surface area contributed by atoms with Gasteiger partial charge in [-0.3, -0.25) is 0 Å². The van der Waals surface area contributed by atoms with Crippen molar-refractivity contribution < 1.29 is 33.9 Å². The summed E-state index contributed by atoms with van der Waals surface area (Å²) in [4.78, 5) is 0. The second-order valence-corrected chi connectivity index (χ2v) is 7.80. The van der Waals surface area contributed by atoms with Gasteiger partial charge in [-0.15, -0.1) is 0 Å². The maximum Gasteiger partial charge on any atom is 0.178 e. The minimum absolute atomic E-state index is 0. The van der Waals surface area contributed by atoms with Crippen LogP contribution in [0.25, 0.3) is 0 Å². The third-order valence-electron chi connectivity index (χ3n) is 5.76. The van der Waals surface area contributed by atoms with Crippen LogP contribution < -0.4 is 29.4 Å². The molecule has 0 saturated carbocycles. The normalized spacial score (nSPS) is 20.8. The molecule has 4 rings (SSSR count). The summed E-state index contributed by atoms with van der Waals surface area (Å²) in [5.74, 6) is 0. The summed E-state index contributed by atoms with van der Waals surface area (Å²) in [5, 5.41) is 0. The molecule has 4 heteroatoms. The maximum atomic E-state index is 2.43. The molecule has 0 aliphatic carbocycles.